The van der Waals surface area contributed by atoms with Crippen molar-refractivity contribution in [2.75, 3.05) is 19.7 Å². The molecule has 0 aliphatic carbocycles. The monoisotopic (exact) mass is 279 g/mol. The van der Waals surface area contributed by atoms with Crippen molar-refractivity contribution in [2.45, 2.75) is 38.2 Å². The lowest BCUT2D eigenvalue weighted by atomic mass is 9.92. The Kier molecular flexibility index (Phi) is 4.18. The van der Waals surface area contributed by atoms with E-state index in [1.165, 1.54) is 11.3 Å². The Morgan fingerprint density at radius 2 is 2.21 bits per heavy atom. The summed E-state index contributed by atoms with van der Waals surface area (Å²) in [5.41, 5.74) is 0. The summed E-state index contributed by atoms with van der Waals surface area (Å²) in [5, 5.41) is 2.14. The number of thiophene rings is 1. The number of piperidine rings is 1. The van der Waals surface area contributed by atoms with E-state index in [2.05, 4.69) is 17.5 Å². The van der Waals surface area contributed by atoms with Gasteiger partial charge in [0.2, 0.25) is 0 Å². The van der Waals surface area contributed by atoms with Gasteiger partial charge in [-0.25, -0.2) is 0 Å². The number of ether oxygens (including phenoxy) is 1. The van der Waals surface area contributed by atoms with E-state index in [4.69, 9.17) is 4.74 Å². The minimum atomic E-state index is -0.145. The molecule has 2 aliphatic rings. The summed E-state index contributed by atoms with van der Waals surface area (Å²) in [6, 6.07) is 4.34. The van der Waals surface area contributed by atoms with Gasteiger partial charge in [0.15, 0.2) is 0 Å². The molecule has 3 nitrogen and oxygen atoms in total. The number of amides is 1. The molecule has 19 heavy (non-hydrogen) atoms. The molecule has 1 aromatic heterocycles. The normalized spacial score (nSPS) is 24.8. The van der Waals surface area contributed by atoms with E-state index in [-0.39, 0.29) is 12.0 Å². The van der Waals surface area contributed by atoms with Gasteiger partial charge in [-0.3, -0.25) is 4.79 Å². The zero-order chi connectivity index (χ0) is 13.1. The maximum absolute atomic E-state index is 12.2. The van der Waals surface area contributed by atoms with Gasteiger partial charge in [-0.15, -0.1) is 11.3 Å². The molecule has 0 spiro atoms. The second kappa shape index (κ2) is 6.06. The van der Waals surface area contributed by atoms with E-state index < -0.39 is 0 Å². The van der Waals surface area contributed by atoms with Gasteiger partial charge >= 0.3 is 0 Å². The molecule has 0 N–H and O–H groups in total. The highest BCUT2D eigenvalue weighted by Gasteiger charge is 2.30. The Hall–Kier alpha value is -0.870. The van der Waals surface area contributed by atoms with Crippen molar-refractivity contribution in [2.24, 2.45) is 5.92 Å². The predicted molar refractivity (Wildman–Crippen MR) is 76.3 cm³/mol. The third kappa shape index (κ3) is 3.18. The van der Waals surface area contributed by atoms with Crippen LogP contribution in [-0.2, 0) is 16.0 Å². The molecule has 1 aromatic rings. The number of carbonyl (C=O) groups excluding carboxylic acids is 1. The Morgan fingerprint density at radius 3 is 2.84 bits per heavy atom. The molecule has 3 heterocycles. The summed E-state index contributed by atoms with van der Waals surface area (Å²) in [4.78, 5) is 15.7. The topological polar surface area (TPSA) is 29.5 Å². The first-order chi connectivity index (χ1) is 9.33. The van der Waals surface area contributed by atoms with Crippen LogP contribution < -0.4 is 0 Å². The third-order valence-corrected chi connectivity index (χ3v) is 5.10. The van der Waals surface area contributed by atoms with Gasteiger partial charge in [-0.05, 0) is 49.5 Å². The van der Waals surface area contributed by atoms with Crippen molar-refractivity contribution in [3.63, 3.8) is 0 Å². The molecule has 104 valence electrons. The lowest BCUT2D eigenvalue weighted by molar-refractivity contribution is -0.142. The molecule has 0 radical (unpaired) electrons. The first-order valence-corrected chi connectivity index (χ1v) is 8.13. The van der Waals surface area contributed by atoms with Crippen LogP contribution in [0.3, 0.4) is 0 Å². The van der Waals surface area contributed by atoms with E-state index >= 15 is 0 Å². The molecule has 3 rings (SSSR count). The molecule has 2 saturated heterocycles. The van der Waals surface area contributed by atoms with Crippen LogP contribution in [0, 0.1) is 5.92 Å². The quantitative estimate of drug-likeness (QED) is 0.851. The van der Waals surface area contributed by atoms with Crippen LogP contribution in [0.4, 0.5) is 0 Å². The third-order valence-electron chi connectivity index (χ3n) is 4.20. The largest absolute Gasteiger partial charge is 0.368 e. The maximum Gasteiger partial charge on any atom is 0.251 e. The highest BCUT2D eigenvalue weighted by atomic mass is 32.1. The Bertz CT molecular complexity index is 404. The fourth-order valence-corrected chi connectivity index (χ4v) is 3.87. The van der Waals surface area contributed by atoms with Crippen molar-refractivity contribution in [1.82, 2.24) is 4.90 Å². The zero-order valence-corrected chi connectivity index (χ0v) is 12.0. The minimum Gasteiger partial charge on any atom is -0.368 e. The van der Waals surface area contributed by atoms with Crippen LogP contribution in [0.15, 0.2) is 17.5 Å². The first kappa shape index (κ1) is 13.1. The number of carbonyl (C=O) groups is 1. The van der Waals surface area contributed by atoms with Gasteiger partial charge in [-0.2, -0.15) is 0 Å². The molecule has 1 amide bonds. The molecular weight excluding hydrogens is 258 g/mol. The molecule has 2 aliphatic heterocycles. The van der Waals surface area contributed by atoms with Crippen molar-refractivity contribution >= 4 is 17.2 Å². The van der Waals surface area contributed by atoms with Crippen molar-refractivity contribution in [1.29, 1.82) is 0 Å². The Balaban J connectivity index is 1.47. The highest BCUT2D eigenvalue weighted by molar-refractivity contribution is 7.09. The molecular formula is C15H21NO2S. The predicted octanol–water partition coefficient (Wildman–Crippen LogP) is 2.71. The highest BCUT2D eigenvalue weighted by Crippen LogP contribution is 2.25. The van der Waals surface area contributed by atoms with E-state index in [0.717, 1.165) is 51.3 Å². The molecule has 1 unspecified atom stereocenters. The van der Waals surface area contributed by atoms with Crippen molar-refractivity contribution in [3.8, 4) is 0 Å². The lowest BCUT2D eigenvalue weighted by Gasteiger charge is -2.33. The number of hydrogen-bond donors (Lipinski definition) is 0. The fraction of sp³-hybridized carbons (Fsp3) is 0.667. The maximum atomic E-state index is 12.2. The number of hydrogen-bond acceptors (Lipinski definition) is 3. The summed E-state index contributed by atoms with van der Waals surface area (Å²) in [6.07, 6.45) is 5.25. The summed E-state index contributed by atoms with van der Waals surface area (Å²) in [6.45, 7) is 2.58. The van der Waals surface area contributed by atoms with Crippen LogP contribution in [0.5, 0.6) is 0 Å². The first-order valence-electron chi connectivity index (χ1n) is 7.25. The van der Waals surface area contributed by atoms with Gasteiger partial charge in [0, 0.05) is 24.6 Å². The molecule has 4 heteroatoms. The fourth-order valence-electron chi connectivity index (χ4n) is 3.05. The average Bonchev–Trinajstić information content (AvgIpc) is 3.12. The second-order valence-electron chi connectivity index (χ2n) is 5.55. The summed E-state index contributed by atoms with van der Waals surface area (Å²) in [5.74, 6) is 0.972. The second-order valence-corrected chi connectivity index (χ2v) is 6.59. The van der Waals surface area contributed by atoms with E-state index in [9.17, 15) is 4.79 Å². The molecule has 0 saturated carbocycles. The van der Waals surface area contributed by atoms with Crippen molar-refractivity contribution in [3.05, 3.63) is 22.4 Å². The SMILES string of the molecule is O=C(C1CCCO1)N1CCC(Cc2cccs2)CC1. The Labute approximate surface area is 118 Å². The molecule has 0 bridgehead atoms. The van der Waals surface area contributed by atoms with Crippen LogP contribution in [0.2, 0.25) is 0 Å². The van der Waals surface area contributed by atoms with Crippen molar-refractivity contribution < 1.29 is 9.53 Å². The van der Waals surface area contributed by atoms with Crippen LogP contribution >= 0.6 is 11.3 Å². The zero-order valence-electron chi connectivity index (χ0n) is 11.2. The average molecular weight is 279 g/mol. The number of rotatable bonds is 3. The van der Waals surface area contributed by atoms with Gasteiger partial charge in [0.1, 0.15) is 6.10 Å². The summed E-state index contributed by atoms with van der Waals surface area (Å²) in [7, 11) is 0. The van der Waals surface area contributed by atoms with Crippen LogP contribution in [-0.4, -0.2) is 36.6 Å². The van der Waals surface area contributed by atoms with Gasteiger partial charge in [0.25, 0.3) is 5.91 Å². The van der Waals surface area contributed by atoms with E-state index in [1.54, 1.807) is 0 Å². The number of likely N-dealkylation sites (tertiary alicyclic amines) is 1. The molecule has 1 atom stereocenters. The summed E-state index contributed by atoms with van der Waals surface area (Å²) < 4.78 is 5.49. The van der Waals surface area contributed by atoms with Gasteiger partial charge < -0.3 is 9.64 Å². The molecule has 2 fully saturated rings. The lowest BCUT2D eigenvalue weighted by Crippen LogP contribution is -2.43. The standard InChI is InChI=1S/C15H21NO2S/c17-15(14-4-1-9-18-14)16-7-5-12(6-8-16)11-13-3-2-10-19-13/h2-3,10,12,14H,1,4-9,11H2. The van der Waals surface area contributed by atoms with Crippen LogP contribution in [0.25, 0.3) is 0 Å². The van der Waals surface area contributed by atoms with Gasteiger partial charge in [0.05, 0.1) is 0 Å². The van der Waals surface area contributed by atoms with Gasteiger partial charge in [-0.1, -0.05) is 6.07 Å². The smallest absolute Gasteiger partial charge is 0.251 e. The molecule has 0 aromatic carbocycles. The van der Waals surface area contributed by atoms with Crippen LogP contribution in [0.1, 0.15) is 30.6 Å². The minimum absolute atomic E-state index is 0.145. The summed E-state index contributed by atoms with van der Waals surface area (Å²) >= 11 is 1.84. The Morgan fingerprint density at radius 1 is 1.37 bits per heavy atom. The van der Waals surface area contributed by atoms with E-state index in [1.807, 2.05) is 16.2 Å². The van der Waals surface area contributed by atoms with E-state index in [0.29, 0.717) is 0 Å². The number of nitrogens with zero attached hydrogens (tertiary/aromatic N) is 1.